The van der Waals surface area contributed by atoms with Gasteiger partial charge in [0.1, 0.15) is 17.1 Å². The van der Waals surface area contributed by atoms with Gasteiger partial charge in [0.2, 0.25) is 10.2 Å². The molecule has 3 nitrogen and oxygen atoms in total. The van der Waals surface area contributed by atoms with Gasteiger partial charge in [-0.15, -0.1) is 0 Å². The molecule has 1 aromatic heterocycles. The quantitative estimate of drug-likeness (QED) is 0.601. The summed E-state index contributed by atoms with van der Waals surface area (Å²) in [7, 11) is 0. The Kier molecular flexibility index (Phi) is 3.20. The highest BCUT2D eigenvalue weighted by atomic mass is 35.5. The fraction of sp³-hybridized carbons (Fsp3) is 0.167. The molecule has 1 aromatic carbocycles. The van der Waals surface area contributed by atoms with Crippen molar-refractivity contribution in [2.24, 2.45) is 0 Å². The Balaban J connectivity index is 2.27. The van der Waals surface area contributed by atoms with Gasteiger partial charge in [-0.3, -0.25) is 0 Å². The van der Waals surface area contributed by atoms with Crippen LogP contribution in [0.5, 0.6) is 0 Å². The number of nitrogens with zero attached hydrogens (tertiary/aromatic N) is 2. The van der Waals surface area contributed by atoms with E-state index in [1.807, 2.05) is 0 Å². The monoisotopic (exact) mass is 297 g/mol. The van der Waals surface area contributed by atoms with Gasteiger partial charge in [0, 0.05) is 12.0 Å². The van der Waals surface area contributed by atoms with Gasteiger partial charge in [0.15, 0.2) is 0 Å². The van der Waals surface area contributed by atoms with E-state index in [1.54, 1.807) is 18.2 Å². The summed E-state index contributed by atoms with van der Waals surface area (Å²) in [4.78, 5) is 8.94. The molecular formula is C12H7Cl2N2OS. The lowest BCUT2D eigenvalue weighted by molar-refractivity contribution is 0.599. The molecule has 0 saturated carbocycles. The smallest absolute Gasteiger partial charge is 0.223 e. The van der Waals surface area contributed by atoms with Crippen LogP contribution in [0.2, 0.25) is 10.3 Å². The van der Waals surface area contributed by atoms with E-state index in [-0.39, 0.29) is 5.28 Å². The molecular weight excluding hydrogens is 291 g/mol. The normalized spacial score (nSPS) is 17.8. The summed E-state index contributed by atoms with van der Waals surface area (Å²) in [5.41, 5.74) is 1.90. The van der Waals surface area contributed by atoms with E-state index in [4.69, 9.17) is 23.2 Å². The largest absolute Gasteiger partial charge is 0.611 e. The number of hydrogen-bond donors (Lipinski definition) is 0. The van der Waals surface area contributed by atoms with Crippen molar-refractivity contribution in [3.8, 4) is 11.3 Å². The lowest BCUT2D eigenvalue weighted by Gasteiger charge is -2.09. The SMILES string of the molecule is [O-][S+]1CCc2nc(Cl)nc(-c3[c]cccc3Cl)c21. The minimum absolute atomic E-state index is 0.149. The predicted molar refractivity (Wildman–Crippen MR) is 71.3 cm³/mol. The molecule has 0 amide bonds. The molecule has 18 heavy (non-hydrogen) atoms. The number of benzene rings is 1. The molecule has 1 radical (unpaired) electrons. The highest BCUT2D eigenvalue weighted by Crippen LogP contribution is 2.36. The lowest BCUT2D eigenvalue weighted by Crippen LogP contribution is -2.04. The Morgan fingerprint density at radius 1 is 1.33 bits per heavy atom. The van der Waals surface area contributed by atoms with E-state index >= 15 is 0 Å². The molecule has 0 spiro atoms. The Labute approximate surface area is 117 Å². The van der Waals surface area contributed by atoms with Crippen LogP contribution in [0.25, 0.3) is 11.3 Å². The maximum absolute atomic E-state index is 12.0. The summed E-state index contributed by atoms with van der Waals surface area (Å²) in [5, 5.41) is 0.661. The minimum Gasteiger partial charge on any atom is -0.611 e. The summed E-state index contributed by atoms with van der Waals surface area (Å²) in [6, 6.07) is 8.28. The van der Waals surface area contributed by atoms with Crippen LogP contribution in [0.1, 0.15) is 5.69 Å². The van der Waals surface area contributed by atoms with E-state index in [0.29, 0.717) is 33.3 Å². The van der Waals surface area contributed by atoms with E-state index < -0.39 is 11.2 Å². The highest BCUT2D eigenvalue weighted by molar-refractivity contribution is 7.91. The van der Waals surface area contributed by atoms with E-state index in [9.17, 15) is 4.55 Å². The molecule has 2 aromatic rings. The van der Waals surface area contributed by atoms with Crippen LogP contribution in [0.3, 0.4) is 0 Å². The van der Waals surface area contributed by atoms with Crippen LogP contribution >= 0.6 is 23.2 Å². The third-order valence-electron chi connectivity index (χ3n) is 2.70. The lowest BCUT2D eigenvalue weighted by atomic mass is 10.1. The molecule has 0 aliphatic carbocycles. The van der Waals surface area contributed by atoms with Gasteiger partial charge < -0.3 is 4.55 Å². The second-order valence-electron chi connectivity index (χ2n) is 3.81. The molecule has 1 unspecified atom stereocenters. The zero-order valence-corrected chi connectivity index (χ0v) is 11.4. The summed E-state index contributed by atoms with van der Waals surface area (Å²) < 4.78 is 12.0. The second-order valence-corrected chi connectivity index (χ2v) is 6.06. The molecule has 0 saturated heterocycles. The van der Waals surface area contributed by atoms with Gasteiger partial charge in [0.05, 0.1) is 5.02 Å². The van der Waals surface area contributed by atoms with Gasteiger partial charge in [-0.2, -0.15) is 0 Å². The maximum atomic E-state index is 12.0. The number of hydrogen-bond acceptors (Lipinski definition) is 3. The Bertz CT molecular complexity index is 621. The summed E-state index contributed by atoms with van der Waals surface area (Å²) in [5.74, 6) is 0.557. The summed E-state index contributed by atoms with van der Waals surface area (Å²) >= 11 is 10.9. The van der Waals surface area contributed by atoms with Gasteiger partial charge >= 0.3 is 0 Å². The molecule has 0 bridgehead atoms. The molecule has 1 atom stereocenters. The van der Waals surface area contributed by atoms with Crippen LogP contribution in [-0.2, 0) is 17.6 Å². The molecule has 0 N–H and O–H groups in total. The van der Waals surface area contributed by atoms with Crippen LogP contribution < -0.4 is 0 Å². The van der Waals surface area contributed by atoms with E-state index in [2.05, 4.69) is 16.0 Å². The molecule has 1 aliphatic heterocycles. The van der Waals surface area contributed by atoms with Crippen LogP contribution in [-0.4, -0.2) is 20.3 Å². The first-order valence-electron chi connectivity index (χ1n) is 5.28. The molecule has 2 heterocycles. The van der Waals surface area contributed by atoms with Crippen molar-refractivity contribution in [2.45, 2.75) is 11.3 Å². The summed E-state index contributed by atoms with van der Waals surface area (Å²) in [6.45, 7) is 0. The third kappa shape index (κ3) is 1.99. The standard InChI is InChI=1S/C12H7Cl2N2OS/c13-8-4-2-1-3-7(8)10-11-9(5-6-18(11)17)15-12(14)16-10/h1-2,4H,5-6H2. The molecule has 0 fully saturated rings. The van der Waals surface area contributed by atoms with Crippen LogP contribution in [0, 0.1) is 6.07 Å². The topological polar surface area (TPSA) is 48.8 Å². The fourth-order valence-corrected chi connectivity index (χ4v) is 3.69. The van der Waals surface area contributed by atoms with Crippen molar-refractivity contribution in [2.75, 3.05) is 5.75 Å². The molecule has 1 aliphatic rings. The number of halogens is 2. The van der Waals surface area contributed by atoms with Crippen molar-refractivity contribution in [3.05, 3.63) is 40.3 Å². The average molecular weight is 298 g/mol. The first-order chi connectivity index (χ1) is 8.66. The van der Waals surface area contributed by atoms with Gasteiger partial charge in [-0.25, -0.2) is 9.97 Å². The van der Waals surface area contributed by atoms with Crippen molar-refractivity contribution in [1.82, 2.24) is 9.97 Å². The maximum Gasteiger partial charge on any atom is 0.223 e. The zero-order valence-electron chi connectivity index (χ0n) is 9.11. The van der Waals surface area contributed by atoms with Crippen molar-refractivity contribution < 1.29 is 4.55 Å². The van der Waals surface area contributed by atoms with Crippen LogP contribution in [0.15, 0.2) is 23.1 Å². The Hall–Kier alpha value is -0.810. The number of fused-ring (bicyclic) bond motifs is 1. The highest BCUT2D eigenvalue weighted by Gasteiger charge is 2.32. The first kappa shape index (κ1) is 12.2. The molecule has 3 rings (SSSR count). The van der Waals surface area contributed by atoms with Gasteiger partial charge in [-0.1, -0.05) is 23.7 Å². The van der Waals surface area contributed by atoms with Crippen molar-refractivity contribution in [3.63, 3.8) is 0 Å². The Morgan fingerprint density at radius 2 is 2.17 bits per heavy atom. The zero-order chi connectivity index (χ0) is 12.7. The Morgan fingerprint density at radius 3 is 2.94 bits per heavy atom. The summed E-state index contributed by atoms with van der Waals surface area (Å²) in [6.07, 6.45) is 0.654. The van der Waals surface area contributed by atoms with Gasteiger partial charge in [-0.05, 0) is 34.9 Å². The average Bonchev–Trinajstić information content (AvgIpc) is 2.71. The second kappa shape index (κ2) is 4.70. The molecule has 6 heteroatoms. The van der Waals surface area contributed by atoms with Crippen molar-refractivity contribution >= 4 is 34.4 Å². The predicted octanol–water partition coefficient (Wildman–Crippen LogP) is 2.91. The number of rotatable bonds is 1. The number of aryl methyl sites for hydroxylation is 1. The number of aromatic nitrogens is 2. The third-order valence-corrected chi connectivity index (χ3v) is 4.65. The fourth-order valence-electron chi connectivity index (χ4n) is 1.93. The van der Waals surface area contributed by atoms with E-state index in [1.165, 1.54) is 0 Å². The van der Waals surface area contributed by atoms with Gasteiger partial charge in [0.25, 0.3) is 0 Å². The molecule has 91 valence electrons. The van der Waals surface area contributed by atoms with Crippen molar-refractivity contribution in [1.29, 1.82) is 0 Å². The first-order valence-corrected chi connectivity index (χ1v) is 7.35. The minimum atomic E-state index is -1.09. The van der Waals surface area contributed by atoms with Crippen LogP contribution in [0.4, 0.5) is 0 Å². The van der Waals surface area contributed by atoms with E-state index in [0.717, 1.165) is 5.69 Å².